The summed E-state index contributed by atoms with van der Waals surface area (Å²) in [7, 11) is 0. The van der Waals surface area contributed by atoms with Gasteiger partial charge in [-0.1, -0.05) is 0 Å². The first kappa shape index (κ1) is 19.0. The topological polar surface area (TPSA) is 92.8 Å². The molecular formula is C16H16F2N4O4S. The number of benzene rings is 1. The summed E-state index contributed by atoms with van der Waals surface area (Å²) in [5.41, 5.74) is 4.51. The van der Waals surface area contributed by atoms with Crippen molar-refractivity contribution in [3.8, 4) is 5.75 Å². The Morgan fingerprint density at radius 2 is 2.04 bits per heavy atom. The van der Waals surface area contributed by atoms with Gasteiger partial charge < -0.3 is 14.4 Å². The molecule has 1 aliphatic rings. The highest BCUT2D eigenvalue weighted by Crippen LogP contribution is 2.21. The maximum Gasteiger partial charge on any atom is 0.289 e. The Bertz CT molecular complexity index is 827. The molecule has 27 heavy (non-hydrogen) atoms. The van der Waals surface area contributed by atoms with E-state index in [1.165, 1.54) is 11.3 Å². The fourth-order valence-corrected chi connectivity index (χ4v) is 3.09. The van der Waals surface area contributed by atoms with Gasteiger partial charge in [-0.25, -0.2) is 13.8 Å². The lowest BCUT2D eigenvalue weighted by Gasteiger charge is -2.25. The summed E-state index contributed by atoms with van der Waals surface area (Å²) in [5.74, 6) is -3.25. The van der Waals surface area contributed by atoms with Gasteiger partial charge in [-0.05, 0) is 12.1 Å². The molecule has 0 bridgehead atoms. The van der Waals surface area contributed by atoms with Crippen LogP contribution in [0.2, 0.25) is 0 Å². The molecule has 1 saturated heterocycles. The molecule has 0 aliphatic carbocycles. The van der Waals surface area contributed by atoms with Gasteiger partial charge in [0.1, 0.15) is 11.5 Å². The van der Waals surface area contributed by atoms with E-state index in [-0.39, 0.29) is 11.4 Å². The molecular weight excluding hydrogens is 382 g/mol. The molecule has 0 atom stereocenters. The highest BCUT2D eigenvalue weighted by atomic mass is 32.1. The van der Waals surface area contributed by atoms with Gasteiger partial charge in [0.2, 0.25) is 0 Å². The third-order valence-electron chi connectivity index (χ3n) is 3.57. The van der Waals surface area contributed by atoms with Crippen LogP contribution >= 0.6 is 11.3 Å². The average molecular weight is 398 g/mol. The largest absolute Gasteiger partial charge is 0.481 e. The number of morpholine rings is 1. The summed E-state index contributed by atoms with van der Waals surface area (Å²) in [4.78, 5) is 30.0. The second-order valence-electron chi connectivity index (χ2n) is 5.48. The molecule has 1 aromatic carbocycles. The predicted octanol–water partition coefficient (Wildman–Crippen LogP) is 1.10. The standard InChI is InChI=1S/C16H16F2N4O4S/c17-10-1-2-13(11(18)7-10)26-8-14(23)20-21-15(24)12-9-27-16(19-12)22-3-5-25-6-4-22/h1-2,7,9H,3-6,8H2,(H,20,23)(H,21,24). The van der Waals surface area contributed by atoms with Crippen molar-refractivity contribution in [1.29, 1.82) is 0 Å². The minimum Gasteiger partial charge on any atom is -0.481 e. The molecule has 0 saturated carbocycles. The quantitative estimate of drug-likeness (QED) is 0.733. The van der Waals surface area contributed by atoms with Gasteiger partial charge in [-0.15, -0.1) is 11.3 Å². The number of hydrogen-bond donors (Lipinski definition) is 2. The first-order valence-corrected chi connectivity index (χ1v) is 8.86. The van der Waals surface area contributed by atoms with Crippen molar-refractivity contribution in [1.82, 2.24) is 15.8 Å². The Hall–Kier alpha value is -2.79. The Kier molecular flexibility index (Phi) is 6.14. The molecule has 3 rings (SSSR count). The Labute approximate surface area is 157 Å². The van der Waals surface area contributed by atoms with E-state index in [0.717, 1.165) is 12.1 Å². The lowest BCUT2D eigenvalue weighted by molar-refractivity contribution is -0.123. The molecule has 0 radical (unpaired) electrons. The fourth-order valence-electron chi connectivity index (χ4n) is 2.23. The molecule has 144 valence electrons. The van der Waals surface area contributed by atoms with Gasteiger partial charge in [0, 0.05) is 24.5 Å². The number of nitrogens with zero attached hydrogens (tertiary/aromatic N) is 2. The number of hydrazine groups is 1. The number of anilines is 1. The molecule has 11 heteroatoms. The monoisotopic (exact) mass is 398 g/mol. The molecule has 8 nitrogen and oxygen atoms in total. The summed E-state index contributed by atoms with van der Waals surface area (Å²) < 4.78 is 36.4. The molecule has 1 aromatic heterocycles. The normalized spacial score (nSPS) is 13.9. The molecule has 2 N–H and O–H groups in total. The van der Waals surface area contributed by atoms with Gasteiger partial charge in [-0.2, -0.15) is 0 Å². The number of rotatable bonds is 5. The Balaban J connectivity index is 1.45. The molecule has 1 aliphatic heterocycles. The third kappa shape index (κ3) is 5.11. The molecule has 2 heterocycles. The zero-order valence-corrected chi connectivity index (χ0v) is 14.9. The number of nitrogens with one attached hydrogen (secondary N) is 2. The van der Waals surface area contributed by atoms with E-state index in [2.05, 4.69) is 15.8 Å². The van der Waals surface area contributed by atoms with Crippen molar-refractivity contribution < 1.29 is 27.8 Å². The Morgan fingerprint density at radius 1 is 1.26 bits per heavy atom. The van der Waals surface area contributed by atoms with E-state index >= 15 is 0 Å². The van der Waals surface area contributed by atoms with Gasteiger partial charge in [-0.3, -0.25) is 20.4 Å². The number of carbonyl (C=O) groups is 2. The van der Waals surface area contributed by atoms with Crippen molar-refractivity contribution in [2.24, 2.45) is 0 Å². The van der Waals surface area contributed by atoms with Gasteiger partial charge >= 0.3 is 0 Å². The van der Waals surface area contributed by atoms with Gasteiger partial charge in [0.25, 0.3) is 11.8 Å². The number of halogens is 2. The molecule has 0 unspecified atom stereocenters. The maximum atomic E-state index is 13.4. The van der Waals surface area contributed by atoms with Crippen LogP contribution in [0.15, 0.2) is 23.6 Å². The second kappa shape index (κ2) is 8.73. The van der Waals surface area contributed by atoms with Crippen LogP contribution in [0.3, 0.4) is 0 Å². The smallest absolute Gasteiger partial charge is 0.289 e. The zero-order valence-electron chi connectivity index (χ0n) is 14.0. The second-order valence-corrected chi connectivity index (χ2v) is 6.32. The van der Waals surface area contributed by atoms with Crippen LogP contribution in [0.5, 0.6) is 5.75 Å². The summed E-state index contributed by atoms with van der Waals surface area (Å²) >= 11 is 1.32. The van der Waals surface area contributed by atoms with E-state index < -0.39 is 30.1 Å². The van der Waals surface area contributed by atoms with Crippen LogP contribution in [0, 0.1) is 11.6 Å². The zero-order chi connectivity index (χ0) is 19.2. The average Bonchev–Trinajstić information content (AvgIpc) is 3.16. The fraction of sp³-hybridized carbons (Fsp3) is 0.312. The van der Waals surface area contributed by atoms with Crippen LogP contribution in [0.1, 0.15) is 10.5 Å². The lowest BCUT2D eigenvalue weighted by Crippen LogP contribution is -2.44. The van der Waals surface area contributed by atoms with Crippen molar-refractivity contribution in [2.45, 2.75) is 0 Å². The highest BCUT2D eigenvalue weighted by Gasteiger charge is 2.18. The van der Waals surface area contributed by atoms with Crippen LogP contribution in [0.25, 0.3) is 0 Å². The van der Waals surface area contributed by atoms with Crippen molar-refractivity contribution in [2.75, 3.05) is 37.8 Å². The van der Waals surface area contributed by atoms with Gasteiger partial charge in [0.15, 0.2) is 23.3 Å². The van der Waals surface area contributed by atoms with E-state index in [4.69, 9.17) is 9.47 Å². The van der Waals surface area contributed by atoms with Crippen LogP contribution < -0.4 is 20.5 Å². The predicted molar refractivity (Wildman–Crippen MR) is 92.6 cm³/mol. The number of hydrogen-bond acceptors (Lipinski definition) is 7. The van der Waals surface area contributed by atoms with E-state index in [1.54, 1.807) is 5.38 Å². The minimum absolute atomic E-state index is 0.160. The van der Waals surface area contributed by atoms with Crippen LogP contribution in [0.4, 0.5) is 13.9 Å². The number of carbonyl (C=O) groups excluding carboxylic acids is 2. The first-order chi connectivity index (χ1) is 13.0. The number of aromatic nitrogens is 1. The van der Waals surface area contributed by atoms with Crippen LogP contribution in [-0.4, -0.2) is 49.7 Å². The maximum absolute atomic E-state index is 13.4. The molecule has 1 fully saturated rings. The van der Waals surface area contributed by atoms with Crippen molar-refractivity contribution in [3.05, 3.63) is 40.9 Å². The summed E-state index contributed by atoms with van der Waals surface area (Å²) in [5, 5.41) is 2.28. The summed E-state index contributed by atoms with van der Waals surface area (Å²) in [6.45, 7) is 2.04. The summed E-state index contributed by atoms with van der Waals surface area (Å²) in [6, 6.07) is 2.72. The van der Waals surface area contributed by atoms with Crippen molar-refractivity contribution in [3.63, 3.8) is 0 Å². The molecule has 2 aromatic rings. The third-order valence-corrected chi connectivity index (χ3v) is 4.48. The van der Waals surface area contributed by atoms with Gasteiger partial charge in [0.05, 0.1) is 13.2 Å². The van der Waals surface area contributed by atoms with E-state index in [0.29, 0.717) is 37.5 Å². The number of ether oxygens (including phenoxy) is 2. The first-order valence-electron chi connectivity index (χ1n) is 7.98. The Morgan fingerprint density at radius 3 is 2.78 bits per heavy atom. The molecule has 2 amide bonds. The van der Waals surface area contributed by atoms with Crippen LogP contribution in [-0.2, 0) is 9.53 Å². The number of amides is 2. The van der Waals surface area contributed by atoms with E-state index in [1.807, 2.05) is 4.90 Å². The summed E-state index contributed by atoms with van der Waals surface area (Å²) in [6.07, 6.45) is 0. The molecule has 0 spiro atoms. The SMILES string of the molecule is O=C(COc1ccc(F)cc1F)NNC(=O)c1csc(N2CCOCC2)n1. The number of thiazole rings is 1. The highest BCUT2D eigenvalue weighted by molar-refractivity contribution is 7.13. The minimum atomic E-state index is -0.926. The van der Waals surface area contributed by atoms with E-state index in [9.17, 15) is 18.4 Å². The lowest BCUT2D eigenvalue weighted by atomic mass is 10.3. The van der Waals surface area contributed by atoms with Crippen molar-refractivity contribution >= 4 is 28.3 Å².